The van der Waals surface area contributed by atoms with Crippen molar-refractivity contribution in [1.29, 1.82) is 0 Å². The smallest absolute Gasteiger partial charge is 0.0784 e. The van der Waals surface area contributed by atoms with Crippen LogP contribution in [0.15, 0.2) is 0 Å². The summed E-state index contributed by atoms with van der Waals surface area (Å²) >= 11 is 0. The molecule has 0 aromatic heterocycles. The molecule has 3 nitrogen and oxygen atoms in total. The fraction of sp³-hybridized carbons (Fsp3) is 1.00. The molecule has 0 bridgehead atoms. The van der Waals surface area contributed by atoms with E-state index in [1.54, 1.807) is 0 Å². The third-order valence-electron chi connectivity index (χ3n) is 2.52. The highest BCUT2D eigenvalue weighted by Gasteiger charge is 2.13. The molecule has 2 atom stereocenters. The van der Waals surface area contributed by atoms with Crippen molar-refractivity contribution in [2.45, 2.75) is 71.7 Å². The minimum absolute atomic E-state index is 0.0695. The molecule has 0 saturated heterocycles. The molecule has 0 heterocycles. The molecule has 0 fully saturated rings. The average molecular weight is 232 g/mol. The van der Waals surface area contributed by atoms with Crippen LogP contribution in [-0.2, 0) is 9.47 Å². The van der Waals surface area contributed by atoms with Crippen LogP contribution in [0.3, 0.4) is 0 Å². The first-order chi connectivity index (χ1) is 7.63. The summed E-state index contributed by atoms with van der Waals surface area (Å²) in [5, 5.41) is 8.83. The van der Waals surface area contributed by atoms with Crippen molar-refractivity contribution in [3.05, 3.63) is 0 Å². The van der Waals surface area contributed by atoms with Gasteiger partial charge in [0.2, 0.25) is 0 Å². The number of hydrogen-bond acceptors (Lipinski definition) is 3. The Bertz CT molecular complexity index is 144. The van der Waals surface area contributed by atoms with Crippen molar-refractivity contribution >= 4 is 0 Å². The van der Waals surface area contributed by atoms with Gasteiger partial charge in [-0.05, 0) is 26.7 Å². The molecular weight excluding hydrogens is 204 g/mol. The minimum Gasteiger partial charge on any atom is -0.394 e. The molecule has 16 heavy (non-hydrogen) atoms. The van der Waals surface area contributed by atoms with Crippen molar-refractivity contribution in [3.63, 3.8) is 0 Å². The maximum absolute atomic E-state index is 8.83. The zero-order chi connectivity index (χ0) is 12.4. The molecule has 1 N–H and O–H groups in total. The molecule has 0 spiro atoms. The Morgan fingerprint density at radius 2 is 1.56 bits per heavy atom. The predicted molar refractivity (Wildman–Crippen MR) is 66.7 cm³/mol. The van der Waals surface area contributed by atoms with E-state index in [0.717, 1.165) is 25.7 Å². The highest BCUT2D eigenvalue weighted by atomic mass is 16.5. The highest BCUT2D eigenvalue weighted by molar-refractivity contribution is 4.60. The zero-order valence-electron chi connectivity index (χ0n) is 11.2. The lowest BCUT2D eigenvalue weighted by Crippen LogP contribution is -2.26. The lowest BCUT2D eigenvalue weighted by Gasteiger charge is -2.23. The Morgan fingerprint density at radius 3 is 2.00 bits per heavy atom. The number of aliphatic hydroxyl groups is 1. The summed E-state index contributed by atoms with van der Waals surface area (Å²) in [6.45, 7) is 8.89. The summed E-state index contributed by atoms with van der Waals surface area (Å²) in [6.07, 6.45) is 4.93. The maximum atomic E-state index is 8.83. The van der Waals surface area contributed by atoms with Crippen LogP contribution >= 0.6 is 0 Å². The molecule has 0 amide bonds. The molecule has 0 aliphatic carbocycles. The van der Waals surface area contributed by atoms with E-state index in [0.29, 0.717) is 12.7 Å². The molecule has 0 rings (SSSR count). The van der Waals surface area contributed by atoms with Crippen LogP contribution in [0.25, 0.3) is 0 Å². The van der Waals surface area contributed by atoms with Gasteiger partial charge in [0.15, 0.2) is 0 Å². The molecule has 2 unspecified atom stereocenters. The standard InChI is InChI=1S/C13H28O3/c1-5-7-13(8-6-2)16-12(4)10-15-11(3)9-14/h11-14H,5-10H2,1-4H3. The quantitative estimate of drug-likeness (QED) is 0.629. The Morgan fingerprint density at radius 1 is 1.00 bits per heavy atom. The van der Waals surface area contributed by atoms with E-state index < -0.39 is 0 Å². The molecule has 3 heteroatoms. The summed E-state index contributed by atoms with van der Waals surface area (Å²) in [5.74, 6) is 0. The fourth-order valence-electron chi connectivity index (χ4n) is 1.64. The van der Waals surface area contributed by atoms with Gasteiger partial charge in [-0.15, -0.1) is 0 Å². The van der Waals surface area contributed by atoms with Gasteiger partial charge < -0.3 is 14.6 Å². The molecule has 0 aromatic carbocycles. The van der Waals surface area contributed by atoms with Gasteiger partial charge in [0, 0.05) is 0 Å². The van der Waals surface area contributed by atoms with Crippen LogP contribution in [0, 0.1) is 0 Å². The summed E-state index contributed by atoms with van der Waals surface area (Å²) in [6, 6.07) is 0. The second-order valence-corrected chi connectivity index (χ2v) is 4.47. The van der Waals surface area contributed by atoms with Gasteiger partial charge in [-0.25, -0.2) is 0 Å². The van der Waals surface area contributed by atoms with E-state index in [1.165, 1.54) is 0 Å². The van der Waals surface area contributed by atoms with Gasteiger partial charge in [-0.2, -0.15) is 0 Å². The van der Waals surface area contributed by atoms with E-state index in [4.69, 9.17) is 14.6 Å². The molecule has 0 saturated carbocycles. The van der Waals surface area contributed by atoms with Crippen LogP contribution in [-0.4, -0.2) is 36.6 Å². The minimum atomic E-state index is -0.0955. The van der Waals surface area contributed by atoms with Gasteiger partial charge in [-0.1, -0.05) is 26.7 Å². The van der Waals surface area contributed by atoms with Crippen LogP contribution in [0.5, 0.6) is 0 Å². The topological polar surface area (TPSA) is 38.7 Å². The Hall–Kier alpha value is -0.120. The van der Waals surface area contributed by atoms with Crippen LogP contribution in [0.2, 0.25) is 0 Å². The van der Waals surface area contributed by atoms with Gasteiger partial charge in [0.1, 0.15) is 0 Å². The monoisotopic (exact) mass is 232 g/mol. The Balaban J connectivity index is 3.75. The molecular formula is C13H28O3. The van der Waals surface area contributed by atoms with Crippen molar-refractivity contribution in [1.82, 2.24) is 0 Å². The summed E-state index contributed by atoms with van der Waals surface area (Å²) in [5.41, 5.74) is 0. The van der Waals surface area contributed by atoms with Gasteiger partial charge >= 0.3 is 0 Å². The number of ether oxygens (including phenoxy) is 2. The fourth-order valence-corrected chi connectivity index (χ4v) is 1.64. The van der Waals surface area contributed by atoms with Crippen molar-refractivity contribution in [3.8, 4) is 0 Å². The third-order valence-corrected chi connectivity index (χ3v) is 2.52. The van der Waals surface area contributed by atoms with Gasteiger partial charge in [0.05, 0.1) is 31.5 Å². The van der Waals surface area contributed by atoms with Crippen molar-refractivity contribution in [2.75, 3.05) is 13.2 Å². The van der Waals surface area contributed by atoms with Gasteiger partial charge in [-0.3, -0.25) is 0 Å². The SMILES string of the molecule is CCCC(CCC)OC(C)COC(C)CO. The predicted octanol–water partition coefficient (Wildman–Crippen LogP) is 2.76. The average Bonchev–Trinajstić information content (AvgIpc) is 2.26. The lowest BCUT2D eigenvalue weighted by atomic mass is 10.1. The van der Waals surface area contributed by atoms with E-state index in [-0.39, 0.29) is 18.8 Å². The molecule has 98 valence electrons. The second kappa shape index (κ2) is 10.1. The van der Waals surface area contributed by atoms with Crippen molar-refractivity contribution < 1.29 is 14.6 Å². The Kier molecular flexibility index (Phi) is 9.99. The van der Waals surface area contributed by atoms with E-state index >= 15 is 0 Å². The van der Waals surface area contributed by atoms with E-state index in [9.17, 15) is 0 Å². The van der Waals surface area contributed by atoms with Crippen molar-refractivity contribution in [2.24, 2.45) is 0 Å². The number of rotatable bonds is 10. The highest BCUT2D eigenvalue weighted by Crippen LogP contribution is 2.12. The Labute approximate surface area is 100 Å². The molecule has 0 aliphatic heterocycles. The van der Waals surface area contributed by atoms with E-state index in [1.807, 2.05) is 13.8 Å². The summed E-state index contributed by atoms with van der Waals surface area (Å²) < 4.78 is 11.4. The molecule has 0 aromatic rings. The first-order valence-corrected chi connectivity index (χ1v) is 6.51. The second-order valence-electron chi connectivity index (χ2n) is 4.47. The molecule has 0 radical (unpaired) electrons. The van der Waals surface area contributed by atoms with E-state index in [2.05, 4.69) is 13.8 Å². The number of hydrogen-bond donors (Lipinski definition) is 1. The first-order valence-electron chi connectivity index (χ1n) is 6.51. The third kappa shape index (κ3) is 8.08. The summed E-state index contributed by atoms with van der Waals surface area (Å²) in [4.78, 5) is 0. The first kappa shape index (κ1) is 15.9. The lowest BCUT2D eigenvalue weighted by molar-refractivity contribution is -0.0762. The van der Waals surface area contributed by atoms with Crippen LogP contribution < -0.4 is 0 Å². The zero-order valence-corrected chi connectivity index (χ0v) is 11.2. The maximum Gasteiger partial charge on any atom is 0.0784 e. The number of aliphatic hydroxyl groups excluding tert-OH is 1. The summed E-state index contributed by atoms with van der Waals surface area (Å²) in [7, 11) is 0. The normalized spacial score (nSPS) is 15.4. The van der Waals surface area contributed by atoms with Crippen LogP contribution in [0.4, 0.5) is 0 Å². The largest absolute Gasteiger partial charge is 0.394 e. The van der Waals surface area contributed by atoms with Gasteiger partial charge in [0.25, 0.3) is 0 Å². The van der Waals surface area contributed by atoms with Crippen LogP contribution in [0.1, 0.15) is 53.4 Å². The molecule has 0 aliphatic rings.